The molecule has 2 rings (SSSR count). The molecule has 1 aliphatic heterocycles. The van der Waals surface area contributed by atoms with Gasteiger partial charge in [0.05, 0.1) is 11.6 Å². The molecule has 23 heavy (non-hydrogen) atoms. The SMILES string of the molecule is CC1CCC(C)N1C(C)C(=O)NCC(O)c1c(F)cccc1F. The highest BCUT2D eigenvalue weighted by Gasteiger charge is 2.34. The van der Waals surface area contributed by atoms with E-state index in [2.05, 4.69) is 24.1 Å². The third-order valence-corrected chi connectivity index (χ3v) is 4.65. The number of carbonyl (C=O) groups is 1. The number of aliphatic hydroxyl groups is 1. The van der Waals surface area contributed by atoms with Gasteiger partial charge in [0.15, 0.2) is 0 Å². The number of hydrogen-bond acceptors (Lipinski definition) is 3. The Morgan fingerprint density at radius 3 is 2.35 bits per heavy atom. The number of likely N-dealkylation sites (tertiary alicyclic amines) is 1. The number of aliphatic hydroxyl groups excluding tert-OH is 1. The number of rotatable bonds is 5. The first-order valence-electron chi connectivity index (χ1n) is 8.00. The first-order chi connectivity index (χ1) is 10.8. The minimum absolute atomic E-state index is 0.225. The quantitative estimate of drug-likeness (QED) is 0.873. The molecule has 0 aliphatic carbocycles. The van der Waals surface area contributed by atoms with Crippen molar-refractivity contribution in [1.82, 2.24) is 10.2 Å². The lowest BCUT2D eigenvalue weighted by molar-refractivity contribution is -0.127. The lowest BCUT2D eigenvalue weighted by Gasteiger charge is -2.31. The molecule has 4 atom stereocenters. The van der Waals surface area contributed by atoms with Crippen LogP contribution in [-0.2, 0) is 4.79 Å². The van der Waals surface area contributed by atoms with E-state index in [1.165, 1.54) is 6.07 Å². The van der Waals surface area contributed by atoms with Gasteiger partial charge in [0.25, 0.3) is 0 Å². The normalized spacial score (nSPS) is 24.4. The summed E-state index contributed by atoms with van der Waals surface area (Å²) in [6.45, 7) is 5.75. The van der Waals surface area contributed by atoms with Gasteiger partial charge in [0, 0.05) is 18.6 Å². The molecule has 0 bridgehead atoms. The van der Waals surface area contributed by atoms with Crippen LogP contribution < -0.4 is 5.32 Å². The van der Waals surface area contributed by atoms with Gasteiger partial charge >= 0.3 is 0 Å². The topological polar surface area (TPSA) is 52.6 Å². The molecular formula is C17H24F2N2O2. The van der Waals surface area contributed by atoms with E-state index >= 15 is 0 Å². The first-order valence-corrected chi connectivity index (χ1v) is 8.00. The molecule has 1 aliphatic rings. The highest BCUT2D eigenvalue weighted by Crippen LogP contribution is 2.26. The van der Waals surface area contributed by atoms with E-state index < -0.39 is 23.3 Å². The Morgan fingerprint density at radius 1 is 1.30 bits per heavy atom. The van der Waals surface area contributed by atoms with Crippen LogP contribution in [0.25, 0.3) is 0 Å². The van der Waals surface area contributed by atoms with Crippen molar-refractivity contribution in [2.45, 2.75) is 57.8 Å². The van der Waals surface area contributed by atoms with Gasteiger partial charge in [-0.1, -0.05) is 6.07 Å². The zero-order chi connectivity index (χ0) is 17.1. The van der Waals surface area contributed by atoms with Gasteiger partial charge in [-0.25, -0.2) is 8.78 Å². The van der Waals surface area contributed by atoms with Crippen molar-refractivity contribution >= 4 is 5.91 Å². The zero-order valence-electron chi connectivity index (χ0n) is 13.7. The van der Waals surface area contributed by atoms with Gasteiger partial charge in [-0.05, 0) is 45.7 Å². The number of amides is 1. The van der Waals surface area contributed by atoms with Crippen LogP contribution in [0, 0.1) is 11.6 Å². The summed E-state index contributed by atoms with van der Waals surface area (Å²) in [4.78, 5) is 14.4. The van der Waals surface area contributed by atoms with Crippen LogP contribution >= 0.6 is 0 Å². The predicted octanol–water partition coefficient (Wildman–Crippen LogP) is 2.38. The summed E-state index contributed by atoms with van der Waals surface area (Å²) in [6.07, 6.45) is 0.671. The lowest BCUT2D eigenvalue weighted by Crippen LogP contribution is -2.49. The number of carbonyl (C=O) groups excluding carboxylic acids is 1. The van der Waals surface area contributed by atoms with Gasteiger partial charge in [-0.15, -0.1) is 0 Å². The molecule has 0 spiro atoms. The minimum atomic E-state index is -1.42. The maximum Gasteiger partial charge on any atom is 0.237 e. The number of hydrogen-bond donors (Lipinski definition) is 2. The third kappa shape index (κ3) is 3.87. The molecule has 4 nitrogen and oxygen atoms in total. The van der Waals surface area contributed by atoms with Gasteiger partial charge < -0.3 is 10.4 Å². The highest BCUT2D eigenvalue weighted by molar-refractivity contribution is 5.81. The van der Waals surface area contributed by atoms with Crippen LogP contribution in [0.3, 0.4) is 0 Å². The molecule has 6 heteroatoms. The van der Waals surface area contributed by atoms with Gasteiger partial charge in [-0.3, -0.25) is 9.69 Å². The van der Waals surface area contributed by atoms with E-state index in [4.69, 9.17) is 0 Å². The van der Waals surface area contributed by atoms with Gasteiger partial charge in [0.2, 0.25) is 5.91 Å². The summed E-state index contributed by atoms with van der Waals surface area (Å²) in [6, 6.07) is 3.69. The molecule has 128 valence electrons. The molecule has 0 saturated carbocycles. The molecule has 0 radical (unpaired) electrons. The van der Waals surface area contributed by atoms with E-state index in [9.17, 15) is 18.7 Å². The molecule has 0 aromatic heterocycles. The summed E-state index contributed by atoms with van der Waals surface area (Å²) in [5.41, 5.74) is -0.414. The fourth-order valence-corrected chi connectivity index (χ4v) is 3.39. The molecule has 2 N–H and O–H groups in total. The molecule has 1 amide bonds. The van der Waals surface area contributed by atoms with Gasteiger partial charge in [-0.2, -0.15) is 0 Å². The third-order valence-electron chi connectivity index (χ3n) is 4.65. The van der Waals surface area contributed by atoms with Crippen LogP contribution in [-0.4, -0.2) is 40.6 Å². The van der Waals surface area contributed by atoms with Crippen molar-refractivity contribution in [3.05, 3.63) is 35.4 Å². The predicted molar refractivity (Wildman–Crippen MR) is 83.8 cm³/mol. The maximum atomic E-state index is 13.6. The lowest BCUT2D eigenvalue weighted by atomic mass is 10.1. The molecule has 1 heterocycles. The Kier molecular flexibility index (Phi) is 5.70. The van der Waals surface area contributed by atoms with Crippen LogP contribution in [0.1, 0.15) is 45.3 Å². The van der Waals surface area contributed by atoms with Crippen molar-refractivity contribution in [1.29, 1.82) is 0 Å². The van der Waals surface area contributed by atoms with E-state index in [0.29, 0.717) is 12.1 Å². The monoisotopic (exact) mass is 326 g/mol. The second kappa shape index (κ2) is 7.36. The molecule has 1 fully saturated rings. The van der Waals surface area contributed by atoms with Gasteiger partial charge in [0.1, 0.15) is 17.7 Å². The fourth-order valence-electron chi connectivity index (χ4n) is 3.39. The van der Waals surface area contributed by atoms with E-state index in [0.717, 1.165) is 25.0 Å². The van der Waals surface area contributed by atoms with Crippen molar-refractivity contribution in [3.63, 3.8) is 0 Å². The summed E-state index contributed by atoms with van der Waals surface area (Å²) in [7, 11) is 0. The maximum absolute atomic E-state index is 13.6. The Morgan fingerprint density at radius 2 is 1.83 bits per heavy atom. The van der Waals surface area contributed by atoms with Crippen molar-refractivity contribution in [3.8, 4) is 0 Å². The molecule has 1 aromatic rings. The van der Waals surface area contributed by atoms with Crippen LogP contribution in [0.5, 0.6) is 0 Å². The Hall–Kier alpha value is -1.53. The summed E-state index contributed by atoms with van der Waals surface area (Å²) in [5.74, 6) is -1.88. The molecule has 4 unspecified atom stereocenters. The largest absolute Gasteiger partial charge is 0.386 e. The van der Waals surface area contributed by atoms with Crippen molar-refractivity contribution < 1.29 is 18.7 Å². The number of benzene rings is 1. The average Bonchev–Trinajstić information content (AvgIpc) is 2.83. The van der Waals surface area contributed by atoms with Crippen LogP contribution in [0.15, 0.2) is 18.2 Å². The first kappa shape index (κ1) is 17.8. The number of nitrogens with one attached hydrogen (secondary N) is 1. The second-order valence-corrected chi connectivity index (χ2v) is 6.29. The van der Waals surface area contributed by atoms with Crippen molar-refractivity contribution in [2.75, 3.05) is 6.54 Å². The number of nitrogens with zero attached hydrogens (tertiary/aromatic N) is 1. The van der Waals surface area contributed by atoms with Crippen molar-refractivity contribution in [2.24, 2.45) is 0 Å². The zero-order valence-corrected chi connectivity index (χ0v) is 13.7. The Balaban J connectivity index is 1.96. The second-order valence-electron chi connectivity index (χ2n) is 6.29. The minimum Gasteiger partial charge on any atom is -0.386 e. The molecular weight excluding hydrogens is 302 g/mol. The molecule has 1 aromatic carbocycles. The van der Waals surface area contributed by atoms with E-state index in [1.807, 2.05) is 6.92 Å². The summed E-state index contributed by atoms with van der Waals surface area (Å²) in [5, 5.41) is 12.6. The smallest absolute Gasteiger partial charge is 0.237 e. The molecule has 1 saturated heterocycles. The fraction of sp³-hybridized carbons (Fsp3) is 0.588. The average molecular weight is 326 g/mol. The van der Waals surface area contributed by atoms with E-state index in [-0.39, 0.29) is 18.5 Å². The highest BCUT2D eigenvalue weighted by atomic mass is 19.1. The Labute approximate surface area is 135 Å². The number of halogens is 2. The summed E-state index contributed by atoms with van der Waals surface area (Å²) < 4.78 is 27.2. The standard InChI is InChI=1S/C17H24F2N2O2/c1-10-7-8-11(2)21(10)12(3)17(23)20-9-15(22)16-13(18)5-4-6-14(16)19/h4-6,10-12,15,22H,7-9H2,1-3H3,(H,20,23). The summed E-state index contributed by atoms with van der Waals surface area (Å²) >= 11 is 0. The van der Waals surface area contributed by atoms with Crippen LogP contribution in [0.4, 0.5) is 8.78 Å². The van der Waals surface area contributed by atoms with E-state index in [1.54, 1.807) is 0 Å². The van der Waals surface area contributed by atoms with Crippen LogP contribution in [0.2, 0.25) is 0 Å². The Bertz CT molecular complexity index is 537.